The average Bonchev–Trinajstić information content (AvgIpc) is 2.49. The van der Waals surface area contributed by atoms with Crippen molar-refractivity contribution in [2.45, 2.75) is 33.1 Å². The normalized spacial score (nSPS) is 11.0. The third-order valence-corrected chi connectivity index (χ3v) is 3.05. The number of methoxy groups -OCH3 is 1. The van der Waals surface area contributed by atoms with Gasteiger partial charge in [0.15, 0.2) is 5.78 Å². The SMILES string of the molecule is COC(=O)N/C=C/CCCc1cc(O)c(C(=O)C(C)C)c(=O)o1. The van der Waals surface area contributed by atoms with Gasteiger partial charge in [-0.2, -0.15) is 0 Å². The summed E-state index contributed by atoms with van der Waals surface area (Å²) in [6, 6.07) is 1.30. The minimum Gasteiger partial charge on any atom is -0.507 e. The maximum absolute atomic E-state index is 11.8. The van der Waals surface area contributed by atoms with Gasteiger partial charge in [0.25, 0.3) is 0 Å². The fourth-order valence-corrected chi connectivity index (χ4v) is 1.83. The summed E-state index contributed by atoms with van der Waals surface area (Å²) in [5.41, 5.74) is -1.12. The Morgan fingerprint density at radius 1 is 1.43 bits per heavy atom. The van der Waals surface area contributed by atoms with Crippen LogP contribution < -0.4 is 10.9 Å². The number of aryl methyl sites for hydroxylation is 1. The van der Waals surface area contributed by atoms with E-state index in [1.165, 1.54) is 19.4 Å². The van der Waals surface area contributed by atoms with Crippen LogP contribution in [-0.2, 0) is 11.2 Å². The Bertz CT molecular complexity index is 644. The summed E-state index contributed by atoms with van der Waals surface area (Å²) in [4.78, 5) is 34.4. The van der Waals surface area contributed by atoms with E-state index in [1.807, 2.05) is 0 Å². The van der Waals surface area contributed by atoms with Gasteiger partial charge in [0, 0.05) is 24.6 Å². The van der Waals surface area contributed by atoms with E-state index in [0.717, 1.165) is 0 Å². The predicted octanol–water partition coefficient (Wildman–Crippen LogP) is 2.38. The summed E-state index contributed by atoms with van der Waals surface area (Å²) in [5, 5.41) is 12.3. The van der Waals surface area contributed by atoms with Crippen molar-refractivity contribution in [3.8, 4) is 5.75 Å². The van der Waals surface area contributed by atoms with E-state index in [1.54, 1.807) is 19.9 Å². The molecule has 7 heteroatoms. The van der Waals surface area contributed by atoms with E-state index in [-0.39, 0.29) is 11.3 Å². The highest BCUT2D eigenvalue weighted by Crippen LogP contribution is 2.19. The van der Waals surface area contributed by atoms with Crippen molar-refractivity contribution in [2.75, 3.05) is 7.11 Å². The Morgan fingerprint density at radius 2 is 2.13 bits per heavy atom. The number of ketones is 1. The van der Waals surface area contributed by atoms with Crippen LogP contribution in [0.15, 0.2) is 27.6 Å². The molecule has 0 unspecified atom stereocenters. The molecule has 1 heterocycles. The van der Waals surface area contributed by atoms with Crippen LogP contribution in [0.3, 0.4) is 0 Å². The van der Waals surface area contributed by atoms with Gasteiger partial charge in [0.2, 0.25) is 0 Å². The molecular weight excluding hydrogens is 302 g/mol. The molecule has 1 aromatic heterocycles. The quantitative estimate of drug-likeness (QED) is 0.589. The molecule has 0 aliphatic heterocycles. The second-order valence-corrected chi connectivity index (χ2v) is 5.21. The van der Waals surface area contributed by atoms with Crippen LogP contribution in [0.2, 0.25) is 0 Å². The van der Waals surface area contributed by atoms with Crippen LogP contribution in [0.1, 0.15) is 42.8 Å². The first kappa shape index (κ1) is 18.5. The number of rotatable bonds is 7. The topological polar surface area (TPSA) is 106 Å². The third-order valence-electron chi connectivity index (χ3n) is 3.05. The molecule has 0 saturated heterocycles. The Labute approximate surface area is 134 Å². The number of amides is 1. The number of hydrogen-bond donors (Lipinski definition) is 2. The van der Waals surface area contributed by atoms with Crippen LogP contribution in [0.4, 0.5) is 4.79 Å². The van der Waals surface area contributed by atoms with E-state index >= 15 is 0 Å². The number of ether oxygens (including phenoxy) is 1. The third kappa shape index (κ3) is 5.61. The molecule has 0 spiro atoms. The predicted molar refractivity (Wildman–Crippen MR) is 83.4 cm³/mol. The first-order valence-electron chi connectivity index (χ1n) is 7.26. The fraction of sp³-hybridized carbons (Fsp3) is 0.438. The molecule has 126 valence electrons. The molecule has 0 aliphatic rings. The summed E-state index contributed by atoms with van der Waals surface area (Å²) in [6.07, 6.45) is 4.32. The number of alkyl carbamates (subject to hydrolysis) is 1. The zero-order valence-corrected chi connectivity index (χ0v) is 13.4. The molecular formula is C16H21NO6. The molecule has 1 aromatic rings. The number of carbonyl (C=O) groups is 2. The van der Waals surface area contributed by atoms with Gasteiger partial charge >= 0.3 is 11.7 Å². The van der Waals surface area contributed by atoms with E-state index < -0.39 is 23.4 Å². The van der Waals surface area contributed by atoms with E-state index in [2.05, 4.69) is 10.1 Å². The molecule has 0 saturated carbocycles. The second-order valence-electron chi connectivity index (χ2n) is 5.21. The maximum Gasteiger partial charge on any atom is 0.410 e. The van der Waals surface area contributed by atoms with Gasteiger partial charge in [-0.15, -0.1) is 0 Å². The number of allylic oxidation sites excluding steroid dienone is 1. The van der Waals surface area contributed by atoms with Crippen molar-refractivity contribution in [1.82, 2.24) is 5.32 Å². The molecule has 1 rings (SSSR count). The van der Waals surface area contributed by atoms with Gasteiger partial charge < -0.3 is 14.3 Å². The van der Waals surface area contributed by atoms with Crippen molar-refractivity contribution in [2.24, 2.45) is 5.92 Å². The fourth-order valence-electron chi connectivity index (χ4n) is 1.83. The number of unbranched alkanes of at least 4 members (excludes halogenated alkanes) is 1. The Hall–Kier alpha value is -2.57. The molecule has 23 heavy (non-hydrogen) atoms. The minimum absolute atomic E-state index is 0.300. The van der Waals surface area contributed by atoms with Crippen molar-refractivity contribution in [3.05, 3.63) is 40.1 Å². The minimum atomic E-state index is -0.818. The molecule has 2 N–H and O–H groups in total. The lowest BCUT2D eigenvalue weighted by Gasteiger charge is -2.06. The summed E-state index contributed by atoms with van der Waals surface area (Å²) in [5.74, 6) is -0.887. The van der Waals surface area contributed by atoms with Crippen LogP contribution in [0, 0.1) is 5.92 Å². The average molecular weight is 323 g/mol. The molecule has 0 bridgehead atoms. The number of Topliss-reactive ketones (excluding diaryl/α,β-unsaturated/α-hetero) is 1. The van der Waals surface area contributed by atoms with Crippen molar-refractivity contribution in [1.29, 1.82) is 0 Å². The lowest BCUT2D eigenvalue weighted by atomic mass is 10.0. The summed E-state index contributed by atoms with van der Waals surface area (Å²) in [6.45, 7) is 3.29. The van der Waals surface area contributed by atoms with Gasteiger partial charge in [-0.3, -0.25) is 10.1 Å². The highest BCUT2D eigenvalue weighted by atomic mass is 16.5. The Balaban J connectivity index is 2.62. The summed E-state index contributed by atoms with van der Waals surface area (Å²) in [7, 11) is 1.27. The smallest absolute Gasteiger partial charge is 0.410 e. The summed E-state index contributed by atoms with van der Waals surface area (Å²) < 4.78 is 9.47. The van der Waals surface area contributed by atoms with Crippen LogP contribution in [-0.4, -0.2) is 24.1 Å². The maximum atomic E-state index is 11.8. The molecule has 7 nitrogen and oxygen atoms in total. The molecule has 0 atom stereocenters. The Morgan fingerprint density at radius 3 is 2.70 bits per heavy atom. The van der Waals surface area contributed by atoms with E-state index in [0.29, 0.717) is 25.0 Å². The lowest BCUT2D eigenvalue weighted by Crippen LogP contribution is -2.19. The molecule has 0 aromatic carbocycles. The largest absolute Gasteiger partial charge is 0.507 e. The van der Waals surface area contributed by atoms with Crippen molar-refractivity contribution in [3.63, 3.8) is 0 Å². The highest BCUT2D eigenvalue weighted by molar-refractivity contribution is 5.99. The van der Waals surface area contributed by atoms with Gasteiger partial charge in [0.1, 0.15) is 17.1 Å². The molecule has 0 fully saturated rings. The number of carbonyl (C=O) groups excluding carboxylic acids is 2. The number of aromatic hydroxyl groups is 1. The zero-order valence-electron chi connectivity index (χ0n) is 13.4. The monoisotopic (exact) mass is 323 g/mol. The van der Waals surface area contributed by atoms with E-state index in [4.69, 9.17) is 4.42 Å². The first-order valence-corrected chi connectivity index (χ1v) is 7.26. The molecule has 0 aliphatic carbocycles. The van der Waals surface area contributed by atoms with Gasteiger partial charge in [-0.05, 0) is 12.8 Å². The van der Waals surface area contributed by atoms with Crippen LogP contribution in [0.5, 0.6) is 5.75 Å². The Kier molecular flexibility index (Phi) is 7.05. The van der Waals surface area contributed by atoms with Gasteiger partial charge in [-0.1, -0.05) is 19.9 Å². The van der Waals surface area contributed by atoms with Crippen LogP contribution >= 0.6 is 0 Å². The molecule has 0 radical (unpaired) electrons. The summed E-state index contributed by atoms with van der Waals surface area (Å²) >= 11 is 0. The first-order chi connectivity index (χ1) is 10.9. The lowest BCUT2D eigenvalue weighted by molar-refractivity contribution is 0.0931. The van der Waals surface area contributed by atoms with Gasteiger partial charge in [0.05, 0.1) is 7.11 Å². The van der Waals surface area contributed by atoms with Crippen LogP contribution in [0.25, 0.3) is 0 Å². The van der Waals surface area contributed by atoms with Crippen molar-refractivity contribution < 1.29 is 23.8 Å². The number of nitrogens with one attached hydrogen (secondary N) is 1. The second kappa shape index (κ2) is 8.77. The number of hydrogen-bond acceptors (Lipinski definition) is 6. The zero-order chi connectivity index (χ0) is 17.4. The standard InChI is InChI=1S/C16H21NO6/c1-10(2)14(19)13-12(18)9-11(23-15(13)20)7-5-4-6-8-17-16(21)22-3/h6,8-10,18H,4-5,7H2,1-3H3,(H,17,21)/b8-6+. The highest BCUT2D eigenvalue weighted by Gasteiger charge is 2.21. The van der Waals surface area contributed by atoms with Crippen molar-refractivity contribution >= 4 is 11.9 Å². The van der Waals surface area contributed by atoms with Gasteiger partial charge in [-0.25, -0.2) is 9.59 Å². The molecule has 1 amide bonds. The van der Waals surface area contributed by atoms with E-state index in [9.17, 15) is 19.5 Å².